The molecule has 2 aliphatic heterocycles. The van der Waals surface area contributed by atoms with Gasteiger partial charge in [-0.2, -0.15) is 0 Å². The van der Waals surface area contributed by atoms with Crippen molar-refractivity contribution in [2.24, 2.45) is 5.92 Å². The Hall–Kier alpha value is -2.90. The van der Waals surface area contributed by atoms with Crippen LogP contribution in [0.25, 0.3) is 0 Å². The largest absolute Gasteiger partial charge is 0.497 e. The van der Waals surface area contributed by atoms with Gasteiger partial charge in [0.1, 0.15) is 11.8 Å². The van der Waals surface area contributed by atoms with Gasteiger partial charge in [0.25, 0.3) is 5.91 Å². The van der Waals surface area contributed by atoms with Crippen LogP contribution in [0.3, 0.4) is 0 Å². The molecular weight excluding hydrogens is 464 g/mol. The van der Waals surface area contributed by atoms with E-state index in [4.69, 9.17) is 4.74 Å². The molecule has 0 aromatic heterocycles. The van der Waals surface area contributed by atoms with E-state index >= 15 is 0 Å². The van der Waals surface area contributed by atoms with E-state index in [1.807, 2.05) is 28.0 Å². The summed E-state index contributed by atoms with van der Waals surface area (Å²) < 4.78 is 5.37. The first-order valence-electron chi connectivity index (χ1n) is 13.6. The number of carbonyl (C=O) groups is 2. The highest BCUT2D eigenvalue weighted by molar-refractivity contribution is 5.98. The second kappa shape index (κ2) is 12.6. The van der Waals surface area contributed by atoms with Gasteiger partial charge < -0.3 is 19.9 Å². The van der Waals surface area contributed by atoms with Gasteiger partial charge in [-0.3, -0.25) is 14.5 Å². The molecular formula is C30H42N4O3. The zero-order valence-electron chi connectivity index (χ0n) is 22.8. The van der Waals surface area contributed by atoms with Crippen molar-refractivity contribution in [1.82, 2.24) is 20.0 Å². The molecule has 2 atom stereocenters. The van der Waals surface area contributed by atoms with Gasteiger partial charge in [-0.25, -0.2) is 0 Å². The lowest BCUT2D eigenvalue weighted by Gasteiger charge is -2.30. The third-order valence-electron chi connectivity index (χ3n) is 7.42. The van der Waals surface area contributed by atoms with Gasteiger partial charge in [-0.1, -0.05) is 49.7 Å². The van der Waals surface area contributed by atoms with Gasteiger partial charge in [-0.15, -0.1) is 0 Å². The van der Waals surface area contributed by atoms with Crippen LogP contribution in [0.2, 0.25) is 0 Å². The van der Waals surface area contributed by atoms with Crippen LogP contribution in [0.4, 0.5) is 0 Å². The monoisotopic (exact) mass is 506 g/mol. The topological polar surface area (TPSA) is 65.1 Å². The van der Waals surface area contributed by atoms with E-state index in [2.05, 4.69) is 55.3 Å². The Bertz CT molecular complexity index is 1050. The fraction of sp³-hybridized carbons (Fsp3) is 0.533. The lowest BCUT2D eigenvalue weighted by atomic mass is 10.1. The molecule has 7 heteroatoms. The second-order valence-corrected chi connectivity index (χ2v) is 10.8. The van der Waals surface area contributed by atoms with E-state index in [1.54, 1.807) is 13.2 Å². The molecule has 2 aromatic rings. The number of rotatable bonds is 8. The lowest BCUT2D eigenvalue weighted by Crippen LogP contribution is -2.48. The highest BCUT2D eigenvalue weighted by atomic mass is 16.5. The molecule has 0 saturated carbocycles. The molecule has 2 amide bonds. The van der Waals surface area contributed by atoms with Crippen molar-refractivity contribution in [3.8, 4) is 5.75 Å². The Morgan fingerprint density at radius 1 is 1.11 bits per heavy atom. The maximum Gasteiger partial charge on any atom is 0.254 e. The van der Waals surface area contributed by atoms with Crippen molar-refractivity contribution >= 4 is 11.8 Å². The Labute approximate surface area is 221 Å². The number of methoxy groups -OCH3 is 1. The summed E-state index contributed by atoms with van der Waals surface area (Å²) in [5.74, 6) is 1.08. The number of amides is 2. The molecule has 4 rings (SSSR count). The summed E-state index contributed by atoms with van der Waals surface area (Å²) in [7, 11) is 1.60. The number of nitrogens with one attached hydrogen (secondary N) is 1. The Balaban J connectivity index is 1.61. The molecule has 37 heavy (non-hydrogen) atoms. The summed E-state index contributed by atoms with van der Waals surface area (Å²) in [6.07, 6.45) is 1.58. The molecule has 0 spiro atoms. The molecule has 7 nitrogen and oxygen atoms in total. The number of likely N-dealkylation sites (tertiary alicyclic amines) is 1. The van der Waals surface area contributed by atoms with E-state index in [9.17, 15) is 9.59 Å². The van der Waals surface area contributed by atoms with Gasteiger partial charge in [0.15, 0.2) is 0 Å². The van der Waals surface area contributed by atoms with E-state index in [1.165, 1.54) is 11.1 Å². The molecule has 0 radical (unpaired) electrons. The van der Waals surface area contributed by atoms with Crippen LogP contribution in [0.1, 0.15) is 48.2 Å². The van der Waals surface area contributed by atoms with E-state index in [0.717, 1.165) is 39.1 Å². The maximum absolute atomic E-state index is 13.9. The average Bonchev–Trinajstić information content (AvgIpc) is 3.16. The quantitative estimate of drug-likeness (QED) is 0.593. The first-order valence-corrected chi connectivity index (χ1v) is 13.6. The molecule has 2 aromatic carbocycles. The minimum Gasteiger partial charge on any atom is -0.497 e. The van der Waals surface area contributed by atoms with Crippen molar-refractivity contribution < 1.29 is 14.3 Å². The van der Waals surface area contributed by atoms with Crippen LogP contribution in [-0.2, 0) is 11.3 Å². The van der Waals surface area contributed by atoms with Crippen molar-refractivity contribution in [2.45, 2.75) is 52.2 Å². The molecule has 200 valence electrons. The van der Waals surface area contributed by atoms with Crippen molar-refractivity contribution in [3.63, 3.8) is 0 Å². The SMILES string of the molecule is COc1cccc(C(=O)N2CC(N(Cc3ccc(C)cc3)CC(C)C)CC2C(=O)N2CCCNCC2)c1. The van der Waals surface area contributed by atoms with Gasteiger partial charge in [0.05, 0.1) is 7.11 Å². The Morgan fingerprint density at radius 3 is 2.62 bits per heavy atom. The summed E-state index contributed by atoms with van der Waals surface area (Å²) in [5.41, 5.74) is 3.06. The first kappa shape index (κ1) is 27.1. The highest BCUT2D eigenvalue weighted by Crippen LogP contribution is 2.29. The molecule has 0 bridgehead atoms. The van der Waals surface area contributed by atoms with Gasteiger partial charge in [0, 0.05) is 50.9 Å². The Morgan fingerprint density at radius 2 is 1.89 bits per heavy atom. The summed E-state index contributed by atoms with van der Waals surface area (Å²) in [6.45, 7) is 11.9. The number of hydrogen-bond donors (Lipinski definition) is 1. The fourth-order valence-electron chi connectivity index (χ4n) is 5.48. The number of nitrogens with zero attached hydrogens (tertiary/aromatic N) is 3. The number of carbonyl (C=O) groups excluding carboxylic acids is 2. The number of aryl methyl sites for hydroxylation is 1. The summed E-state index contributed by atoms with van der Waals surface area (Å²) in [6, 6.07) is 15.6. The van der Waals surface area contributed by atoms with Crippen molar-refractivity contribution in [1.29, 1.82) is 0 Å². The first-order chi connectivity index (χ1) is 17.9. The average molecular weight is 507 g/mol. The van der Waals surface area contributed by atoms with E-state index in [-0.39, 0.29) is 17.9 Å². The maximum atomic E-state index is 13.9. The standard InChI is InChI=1S/C30H42N4O3/c1-22(2)19-33(20-24-11-9-23(3)10-12-24)26-18-28(30(36)32-15-6-13-31-14-16-32)34(21-26)29(35)25-7-5-8-27(17-25)37-4/h5,7-12,17,22,26,28,31H,6,13-16,18-21H2,1-4H3. The van der Waals surface area contributed by atoms with Gasteiger partial charge in [0.2, 0.25) is 5.91 Å². The van der Waals surface area contributed by atoms with Crippen LogP contribution in [0.15, 0.2) is 48.5 Å². The molecule has 2 aliphatic rings. The van der Waals surface area contributed by atoms with Gasteiger partial charge >= 0.3 is 0 Å². The van der Waals surface area contributed by atoms with Crippen molar-refractivity contribution in [3.05, 3.63) is 65.2 Å². The summed E-state index contributed by atoms with van der Waals surface area (Å²) in [4.78, 5) is 33.9. The summed E-state index contributed by atoms with van der Waals surface area (Å²) in [5, 5.41) is 3.38. The second-order valence-electron chi connectivity index (χ2n) is 10.8. The molecule has 2 heterocycles. The predicted octanol–water partition coefficient (Wildman–Crippen LogP) is 3.57. The van der Waals surface area contributed by atoms with Crippen LogP contribution in [0, 0.1) is 12.8 Å². The zero-order chi connectivity index (χ0) is 26.4. The Kier molecular flexibility index (Phi) is 9.22. The molecule has 0 aliphatic carbocycles. The number of benzene rings is 2. The zero-order valence-corrected chi connectivity index (χ0v) is 22.8. The van der Waals surface area contributed by atoms with Crippen LogP contribution >= 0.6 is 0 Å². The third-order valence-corrected chi connectivity index (χ3v) is 7.42. The number of hydrogen-bond acceptors (Lipinski definition) is 5. The number of ether oxygens (including phenoxy) is 1. The molecule has 2 saturated heterocycles. The molecule has 2 unspecified atom stereocenters. The summed E-state index contributed by atoms with van der Waals surface area (Å²) >= 11 is 0. The minimum atomic E-state index is -0.463. The molecule has 1 N–H and O–H groups in total. The van der Waals surface area contributed by atoms with E-state index < -0.39 is 6.04 Å². The van der Waals surface area contributed by atoms with Crippen LogP contribution in [0.5, 0.6) is 5.75 Å². The van der Waals surface area contributed by atoms with E-state index in [0.29, 0.717) is 36.7 Å². The predicted molar refractivity (Wildman–Crippen MR) is 147 cm³/mol. The third kappa shape index (κ3) is 6.90. The fourth-order valence-corrected chi connectivity index (χ4v) is 5.48. The normalized spacial score (nSPS) is 20.4. The minimum absolute atomic E-state index is 0.0716. The highest BCUT2D eigenvalue weighted by Gasteiger charge is 2.43. The van der Waals surface area contributed by atoms with Crippen LogP contribution < -0.4 is 10.1 Å². The smallest absolute Gasteiger partial charge is 0.254 e. The van der Waals surface area contributed by atoms with Crippen molar-refractivity contribution in [2.75, 3.05) is 46.4 Å². The van der Waals surface area contributed by atoms with Gasteiger partial charge in [-0.05, 0) is 56.0 Å². The lowest BCUT2D eigenvalue weighted by molar-refractivity contribution is -0.135. The van der Waals surface area contributed by atoms with Crippen LogP contribution in [-0.4, -0.2) is 85.0 Å². The molecule has 2 fully saturated rings.